The Morgan fingerprint density at radius 2 is 1.80 bits per heavy atom. The molecule has 2 N–H and O–H groups in total. The predicted octanol–water partition coefficient (Wildman–Crippen LogP) is 4.38. The van der Waals surface area contributed by atoms with E-state index in [1.165, 1.54) is 0 Å². The number of anilines is 2. The Bertz CT molecular complexity index is 585. The maximum absolute atomic E-state index is 11.8. The van der Waals surface area contributed by atoms with Crippen LogP contribution in [0.2, 0.25) is 5.02 Å². The largest absolute Gasteiger partial charge is 0.494 e. The molecule has 20 heavy (non-hydrogen) atoms. The van der Waals surface area contributed by atoms with Crippen LogP contribution in [0.1, 0.15) is 6.92 Å². The standard InChI is InChI=1S/C15H15ClN2O2/c1-2-20-12-9-7-11(8-10-12)17-15(19)18-14-6-4-3-5-13(14)16/h3-10H,2H2,1H3,(H2,17,18,19). The molecule has 0 bridgehead atoms. The summed E-state index contributed by atoms with van der Waals surface area (Å²) in [4.78, 5) is 11.8. The number of halogens is 1. The summed E-state index contributed by atoms with van der Waals surface area (Å²) in [6, 6.07) is 13.9. The summed E-state index contributed by atoms with van der Waals surface area (Å²) >= 11 is 5.97. The normalized spacial score (nSPS) is 9.90. The molecule has 0 aliphatic rings. The Kier molecular flexibility index (Phi) is 4.85. The van der Waals surface area contributed by atoms with Gasteiger partial charge in [-0.3, -0.25) is 0 Å². The fourth-order valence-electron chi connectivity index (χ4n) is 1.65. The number of hydrogen-bond donors (Lipinski definition) is 2. The van der Waals surface area contributed by atoms with Crippen molar-refractivity contribution in [3.8, 4) is 5.75 Å². The number of nitrogens with one attached hydrogen (secondary N) is 2. The van der Waals surface area contributed by atoms with Gasteiger partial charge in [0.1, 0.15) is 5.75 Å². The van der Waals surface area contributed by atoms with Gasteiger partial charge in [0, 0.05) is 5.69 Å². The van der Waals surface area contributed by atoms with Gasteiger partial charge < -0.3 is 15.4 Å². The molecule has 0 aromatic heterocycles. The summed E-state index contributed by atoms with van der Waals surface area (Å²) in [5.41, 5.74) is 1.25. The summed E-state index contributed by atoms with van der Waals surface area (Å²) in [5.74, 6) is 0.768. The summed E-state index contributed by atoms with van der Waals surface area (Å²) in [7, 11) is 0. The Labute approximate surface area is 122 Å². The van der Waals surface area contributed by atoms with E-state index in [4.69, 9.17) is 16.3 Å². The number of ether oxygens (including phenoxy) is 1. The van der Waals surface area contributed by atoms with Gasteiger partial charge in [0.05, 0.1) is 17.3 Å². The quantitative estimate of drug-likeness (QED) is 0.878. The second-order valence-electron chi connectivity index (χ2n) is 4.02. The highest BCUT2D eigenvalue weighted by atomic mass is 35.5. The predicted molar refractivity (Wildman–Crippen MR) is 81.7 cm³/mol. The van der Waals surface area contributed by atoms with Crippen LogP contribution in [0.15, 0.2) is 48.5 Å². The molecular weight excluding hydrogens is 276 g/mol. The van der Waals surface area contributed by atoms with Gasteiger partial charge >= 0.3 is 6.03 Å². The second kappa shape index (κ2) is 6.82. The van der Waals surface area contributed by atoms with Crippen molar-refractivity contribution in [2.45, 2.75) is 6.92 Å². The second-order valence-corrected chi connectivity index (χ2v) is 4.42. The number of carbonyl (C=O) groups excluding carboxylic acids is 1. The first-order chi connectivity index (χ1) is 9.69. The van der Waals surface area contributed by atoms with Gasteiger partial charge in [-0.05, 0) is 43.3 Å². The highest BCUT2D eigenvalue weighted by molar-refractivity contribution is 6.33. The fraction of sp³-hybridized carbons (Fsp3) is 0.133. The molecule has 0 heterocycles. The SMILES string of the molecule is CCOc1ccc(NC(=O)Nc2ccccc2Cl)cc1. The number of para-hydroxylation sites is 1. The van der Waals surface area contributed by atoms with E-state index >= 15 is 0 Å². The molecule has 104 valence electrons. The van der Waals surface area contributed by atoms with Crippen molar-refractivity contribution in [2.75, 3.05) is 17.2 Å². The molecular formula is C15H15ClN2O2. The minimum Gasteiger partial charge on any atom is -0.494 e. The van der Waals surface area contributed by atoms with Gasteiger partial charge in [0.2, 0.25) is 0 Å². The third-order valence-corrected chi connectivity index (χ3v) is 2.87. The smallest absolute Gasteiger partial charge is 0.323 e. The van der Waals surface area contributed by atoms with E-state index < -0.39 is 0 Å². The topological polar surface area (TPSA) is 50.4 Å². The van der Waals surface area contributed by atoms with Gasteiger partial charge in [-0.15, -0.1) is 0 Å². The van der Waals surface area contributed by atoms with Crippen LogP contribution in [-0.4, -0.2) is 12.6 Å². The van der Waals surface area contributed by atoms with Crippen LogP contribution in [-0.2, 0) is 0 Å². The first-order valence-corrected chi connectivity index (χ1v) is 6.62. The van der Waals surface area contributed by atoms with Gasteiger partial charge in [0.25, 0.3) is 0 Å². The molecule has 0 fully saturated rings. The van der Waals surface area contributed by atoms with E-state index in [2.05, 4.69) is 10.6 Å². The molecule has 0 unspecified atom stereocenters. The molecule has 0 saturated heterocycles. The van der Waals surface area contributed by atoms with Crippen molar-refractivity contribution < 1.29 is 9.53 Å². The molecule has 0 aliphatic heterocycles. The lowest BCUT2D eigenvalue weighted by atomic mass is 10.3. The van der Waals surface area contributed by atoms with E-state index in [1.807, 2.05) is 6.92 Å². The molecule has 2 aromatic rings. The third-order valence-electron chi connectivity index (χ3n) is 2.55. The number of benzene rings is 2. The molecule has 0 aliphatic carbocycles. The van der Waals surface area contributed by atoms with Crippen LogP contribution >= 0.6 is 11.6 Å². The average Bonchev–Trinajstić information content (AvgIpc) is 2.44. The summed E-state index contributed by atoms with van der Waals surface area (Å²) in [6.07, 6.45) is 0. The number of urea groups is 1. The molecule has 2 rings (SSSR count). The molecule has 2 aromatic carbocycles. The molecule has 0 saturated carbocycles. The zero-order chi connectivity index (χ0) is 14.4. The fourth-order valence-corrected chi connectivity index (χ4v) is 1.83. The molecule has 5 heteroatoms. The van der Waals surface area contributed by atoms with E-state index in [9.17, 15) is 4.79 Å². The number of amides is 2. The van der Waals surface area contributed by atoms with E-state index in [0.29, 0.717) is 23.0 Å². The minimum absolute atomic E-state index is 0.345. The Morgan fingerprint density at radius 1 is 1.10 bits per heavy atom. The molecule has 4 nitrogen and oxygen atoms in total. The zero-order valence-electron chi connectivity index (χ0n) is 11.0. The van der Waals surface area contributed by atoms with Crippen molar-refractivity contribution in [3.63, 3.8) is 0 Å². The van der Waals surface area contributed by atoms with Gasteiger partial charge in [-0.2, -0.15) is 0 Å². The number of hydrogen-bond acceptors (Lipinski definition) is 2. The lowest BCUT2D eigenvalue weighted by Crippen LogP contribution is -2.19. The van der Waals surface area contributed by atoms with Crippen LogP contribution in [0.25, 0.3) is 0 Å². The molecule has 0 spiro atoms. The highest BCUT2D eigenvalue weighted by Crippen LogP contribution is 2.21. The maximum atomic E-state index is 11.8. The van der Waals surface area contributed by atoms with Crippen LogP contribution < -0.4 is 15.4 Å². The molecule has 0 atom stereocenters. The average molecular weight is 291 g/mol. The molecule has 0 radical (unpaired) electrons. The zero-order valence-corrected chi connectivity index (χ0v) is 11.8. The van der Waals surface area contributed by atoms with Crippen LogP contribution in [0.5, 0.6) is 5.75 Å². The lowest BCUT2D eigenvalue weighted by Gasteiger charge is -2.09. The van der Waals surface area contributed by atoms with Crippen molar-refractivity contribution in [1.29, 1.82) is 0 Å². The van der Waals surface area contributed by atoms with E-state index in [0.717, 1.165) is 5.75 Å². The van der Waals surface area contributed by atoms with E-state index in [-0.39, 0.29) is 6.03 Å². The van der Waals surface area contributed by atoms with Crippen molar-refractivity contribution >= 4 is 29.0 Å². The first kappa shape index (κ1) is 14.2. The van der Waals surface area contributed by atoms with Crippen molar-refractivity contribution in [1.82, 2.24) is 0 Å². The summed E-state index contributed by atoms with van der Waals surface area (Å²) in [5, 5.41) is 5.90. The Balaban J connectivity index is 1.96. The van der Waals surface area contributed by atoms with Crippen LogP contribution in [0, 0.1) is 0 Å². The van der Waals surface area contributed by atoms with Crippen LogP contribution in [0.3, 0.4) is 0 Å². The van der Waals surface area contributed by atoms with Gasteiger partial charge in [-0.25, -0.2) is 4.79 Å². The number of carbonyl (C=O) groups is 1. The summed E-state index contributed by atoms with van der Waals surface area (Å²) in [6.45, 7) is 2.53. The first-order valence-electron chi connectivity index (χ1n) is 6.24. The van der Waals surface area contributed by atoms with E-state index in [1.54, 1.807) is 48.5 Å². The van der Waals surface area contributed by atoms with Gasteiger partial charge in [-0.1, -0.05) is 23.7 Å². The highest BCUT2D eigenvalue weighted by Gasteiger charge is 2.05. The number of rotatable bonds is 4. The lowest BCUT2D eigenvalue weighted by molar-refractivity contribution is 0.262. The minimum atomic E-state index is -0.345. The monoisotopic (exact) mass is 290 g/mol. The Morgan fingerprint density at radius 3 is 2.45 bits per heavy atom. The Hall–Kier alpha value is -2.20. The molecule has 2 amide bonds. The third kappa shape index (κ3) is 3.90. The van der Waals surface area contributed by atoms with Crippen molar-refractivity contribution in [2.24, 2.45) is 0 Å². The van der Waals surface area contributed by atoms with Crippen LogP contribution in [0.4, 0.5) is 16.2 Å². The summed E-state index contributed by atoms with van der Waals surface area (Å²) < 4.78 is 5.33. The van der Waals surface area contributed by atoms with Crippen molar-refractivity contribution in [3.05, 3.63) is 53.6 Å². The van der Waals surface area contributed by atoms with Gasteiger partial charge in [0.15, 0.2) is 0 Å². The maximum Gasteiger partial charge on any atom is 0.323 e.